The van der Waals surface area contributed by atoms with Gasteiger partial charge in [0.2, 0.25) is 0 Å². The largest absolute Gasteiger partial charge is 0.330 e. The fourth-order valence-corrected chi connectivity index (χ4v) is 2.73. The van der Waals surface area contributed by atoms with Gasteiger partial charge in [-0.05, 0) is 18.6 Å². The van der Waals surface area contributed by atoms with E-state index >= 15 is 0 Å². The molecule has 0 saturated heterocycles. The number of halogens is 1. The van der Waals surface area contributed by atoms with Crippen LogP contribution in [0.5, 0.6) is 0 Å². The maximum Gasteiger partial charge on any atom is 0.285 e. The summed E-state index contributed by atoms with van der Waals surface area (Å²) in [4.78, 5) is 2.06. The zero-order chi connectivity index (χ0) is 11.6. The van der Waals surface area contributed by atoms with E-state index in [0.29, 0.717) is 18.1 Å². The average Bonchev–Trinajstić information content (AvgIpc) is 2.29. The van der Waals surface area contributed by atoms with Crippen molar-refractivity contribution in [1.29, 1.82) is 0 Å². The molecule has 2 rings (SSSR count). The predicted octanol–water partition coefficient (Wildman–Crippen LogP) is 1.85. The molecule has 1 heterocycles. The summed E-state index contributed by atoms with van der Waals surface area (Å²) in [5.41, 5.74) is 0.669. The molecule has 6 heteroatoms. The van der Waals surface area contributed by atoms with Crippen LogP contribution in [0.4, 0.5) is 5.69 Å². The topological polar surface area (TPSA) is 49.7 Å². The summed E-state index contributed by atoms with van der Waals surface area (Å²) in [7, 11) is -3.51. The molecule has 0 atom stereocenters. The van der Waals surface area contributed by atoms with Crippen LogP contribution in [0.2, 0.25) is 0 Å². The molecule has 1 aliphatic rings. The number of benzene rings is 1. The molecule has 0 bridgehead atoms. The van der Waals surface area contributed by atoms with Crippen LogP contribution in [-0.2, 0) is 10.0 Å². The van der Waals surface area contributed by atoms with Gasteiger partial charge in [0.1, 0.15) is 11.2 Å². The van der Waals surface area contributed by atoms with Gasteiger partial charge in [-0.25, -0.2) is 0 Å². The van der Waals surface area contributed by atoms with E-state index < -0.39 is 10.0 Å². The van der Waals surface area contributed by atoms with Crippen molar-refractivity contribution < 1.29 is 8.42 Å². The van der Waals surface area contributed by atoms with Crippen molar-refractivity contribution in [1.82, 2.24) is 0 Å². The number of fused-ring (bicyclic) bond motifs is 1. The Morgan fingerprint density at radius 3 is 2.81 bits per heavy atom. The molecule has 1 aliphatic heterocycles. The van der Waals surface area contributed by atoms with E-state index in [2.05, 4.69) is 4.40 Å². The van der Waals surface area contributed by atoms with Crippen LogP contribution in [-0.4, -0.2) is 27.2 Å². The molecule has 16 heavy (non-hydrogen) atoms. The standard InChI is InChI=1S/C10H11ClN2O2S/c11-6-3-7-13-8-12-16(14,15)10-5-2-1-4-9(10)13/h1-2,4-5,8H,3,6-7H2. The maximum atomic E-state index is 11.6. The van der Waals surface area contributed by atoms with Gasteiger partial charge >= 0.3 is 0 Å². The van der Waals surface area contributed by atoms with Crippen molar-refractivity contribution in [3.05, 3.63) is 24.3 Å². The highest BCUT2D eigenvalue weighted by molar-refractivity contribution is 7.90. The van der Waals surface area contributed by atoms with Gasteiger partial charge < -0.3 is 4.90 Å². The summed E-state index contributed by atoms with van der Waals surface area (Å²) in [5.74, 6) is 0.541. The number of hydrogen-bond acceptors (Lipinski definition) is 3. The van der Waals surface area contributed by atoms with Gasteiger partial charge in [0.15, 0.2) is 0 Å². The molecule has 0 aromatic heterocycles. The van der Waals surface area contributed by atoms with Crippen LogP contribution < -0.4 is 4.90 Å². The number of anilines is 1. The van der Waals surface area contributed by atoms with E-state index in [4.69, 9.17) is 11.6 Å². The summed E-state index contributed by atoms with van der Waals surface area (Å²) >= 11 is 5.61. The quantitative estimate of drug-likeness (QED) is 0.778. The van der Waals surface area contributed by atoms with Gasteiger partial charge in [0, 0.05) is 12.4 Å². The van der Waals surface area contributed by atoms with E-state index in [1.165, 1.54) is 6.34 Å². The second-order valence-corrected chi connectivity index (χ2v) is 5.38. The van der Waals surface area contributed by atoms with Crippen LogP contribution in [0.15, 0.2) is 33.6 Å². The number of hydrogen-bond donors (Lipinski definition) is 0. The minimum absolute atomic E-state index is 0.257. The van der Waals surface area contributed by atoms with E-state index in [1.807, 2.05) is 0 Å². The molecule has 0 saturated carbocycles. The minimum atomic E-state index is -3.51. The highest BCUT2D eigenvalue weighted by Gasteiger charge is 2.24. The first-order valence-corrected chi connectivity index (χ1v) is 6.85. The Hall–Kier alpha value is -1.07. The average molecular weight is 259 g/mol. The highest BCUT2D eigenvalue weighted by atomic mass is 35.5. The summed E-state index contributed by atoms with van der Waals surface area (Å²) < 4.78 is 26.9. The molecule has 0 amide bonds. The molecular formula is C10H11ClN2O2S. The zero-order valence-corrected chi connectivity index (χ0v) is 10.1. The van der Waals surface area contributed by atoms with Gasteiger partial charge in [0.25, 0.3) is 10.0 Å². The van der Waals surface area contributed by atoms with Gasteiger partial charge in [0.05, 0.1) is 5.69 Å². The van der Waals surface area contributed by atoms with Crippen molar-refractivity contribution in [2.45, 2.75) is 11.3 Å². The predicted molar refractivity (Wildman–Crippen MR) is 64.8 cm³/mol. The minimum Gasteiger partial charge on any atom is -0.330 e. The third kappa shape index (κ3) is 2.05. The maximum absolute atomic E-state index is 11.6. The lowest BCUT2D eigenvalue weighted by atomic mass is 10.3. The van der Waals surface area contributed by atoms with Gasteiger partial charge in [-0.2, -0.15) is 8.42 Å². The van der Waals surface area contributed by atoms with Gasteiger partial charge in [-0.3, -0.25) is 0 Å². The smallest absolute Gasteiger partial charge is 0.285 e. The lowest BCUT2D eigenvalue weighted by Gasteiger charge is -2.24. The van der Waals surface area contributed by atoms with E-state index in [-0.39, 0.29) is 4.90 Å². The van der Waals surface area contributed by atoms with Crippen LogP contribution in [0.1, 0.15) is 6.42 Å². The molecule has 0 unspecified atom stereocenters. The van der Waals surface area contributed by atoms with E-state index in [0.717, 1.165) is 6.42 Å². The molecule has 0 spiro atoms. The van der Waals surface area contributed by atoms with Crippen molar-refractivity contribution in [3.63, 3.8) is 0 Å². The summed E-state index contributed by atoms with van der Waals surface area (Å²) in [5, 5.41) is 0. The van der Waals surface area contributed by atoms with E-state index in [9.17, 15) is 8.42 Å². The van der Waals surface area contributed by atoms with Crippen molar-refractivity contribution >= 4 is 33.7 Å². The van der Waals surface area contributed by atoms with Crippen LogP contribution >= 0.6 is 11.6 Å². The first-order chi connectivity index (χ1) is 7.65. The van der Waals surface area contributed by atoms with Crippen molar-refractivity contribution in [2.75, 3.05) is 17.3 Å². The first-order valence-electron chi connectivity index (χ1n) is 4.87. The zero-order valence-electron chi connectivity index (χ0n) is 8.51. The molecule has 0 N–H and O–H groups in total. The fourth-order valence-electron chi connectivity index (χ4n) is 1.56. The molecule has 1 aromatic rings. The van der Waals surface area contributed by atoms with E-state index in [1.54, 1.807) is 29.2 Å². The molecule has 86 valence electrons. The SMILES string of the molecule is O=S1(=O)N=CN(CCCCl)c2ccccc21. The van der Waals surface area contributed by atoms with Crippen molar-refractivity contribution in [2.24, 2.45) is 4.40 Å². The Morgan fingerprint density at radius 1 is 1.31 bits per heavy atom. The Balaban J connectivity index is 2.41. The Labute approximate surface area is 99.6 Å². The lowest BCUT2D eigenvalue weighted by molar-refractivity contribution is 0.597. The van der Waals surface area contributed by atoms with Gasteiger partial charge in [-0.15, -0.1) is 16.0 Å². The normalized spacial score (nSPS) is 17.2. The Morgan fingerprint density at radius 2 is 2.06 bits per heavy atom. The Bertz CT molecular complexity index is 513. The van der Waals surface area contributed by atoms with Gasteiger partial charge in [-0.1, -0.05) is 12.1 Å². The number of alkyl halides is 1. The molecular weight excluding hydrogens is 248 g/mol. The first kappa shape index (κ1) is 11.4. The third-order valence-corrected chi connectivity index (χ3v) is 3.85. The Kier molecular flexibility index (Phi) is 3.16. The highest BCUT2D eigenvalue weighted by Crippen LogP contribution is 2.28. The molecule has 0 fully saturated rings. The second-order valence-electron chi connectivity index (χ2n) is 3.40. The molecule has 0 aliphatic carbocycles. The van der Waals surface area contributed by atoms with Crippen LogP contribution in [0.3, 0.4) is 0 Å². The summed E-state index contributed by atoms with van der Waals surface area (Å²) in [6.07, 6.45) is 2.13. The monoisotopic (exact) mass is 258 g/mol. The lowest BCUT2D eigenvalue weighted by Crippen LogP contribution is -2.28. The summed E-state index contributed by atoms with van der Waals surface area (Å²) in [6, 6.07) is 6.83. The third-order valence-electron chi connectivity index (χ3n) is 2.31. The molecule has 0 radical (unpaired) electrons. The molecule has 4 nitrogen and oxygen atoms in total. The number of rotatable bonds is 3. The summed E-state index contributed by atoms with van der Waals surface area (Å²) in [6.45, 7) is 0.666. The number of para-hydroxylation sites is 1. The molecule has 1 aromatic carbocycles. The van der Waals surface area contributed by atoms with Crippen LogP contribution in [0, 0.1) is 0 Å². The van der Waals surface area contributed by atoms with Crippen LogP contribution in [0.25, 0.3) is 0 Å². The van der Waals surface area contributed by atoms with Crippen molar-refractivity contribution in [3.8, 4) is 0 Å². The number of nitrogens with zero attached hydrogens (tertiary/aromatic N) is 2. The second kappa shape index (κ2) is 4.43. The fraction of sp³-hybridized carbons (Fsp3) is 0.300. The number of sulfonamides is 1.